The molecule has 82 valence electrons. The van der Waals surface area contributed by atoms with Crippen molar-refractivity contribution in [1.29, 1.82) is 0 Å². The lowest BCUT2D eigenvalue weighted by Crippen LogP contribution is -2.26. The Morgan fingerprint density at radius 1 is 1.53 bits per heavy atom. The van der Waals surface area contributed by atoms with E-state index in [4.69, 9.17) is 10.5 Å². The van der Waals surface area contributed by atoms with Crippen LogP contribution >= 0.6 is 0 Å². The second-order valence-electron chi connectivity index (χ2n) is 3.46. The Balaban J connectivity index is 3.20. The summed E-state index contributed by atoms with van der Waals surface area (Å²) in [6.07, 6.45) is 0. The molecule has 0 aliphatic rings. The van der Waals surface area contributed by atoms with E-state index in [-0.39, 0.29) is 17.1 Å². The fourth-order valence-corrected chi connectivity index (χ4v) is 1.39. The maximum atomic E-state index is 13.4. The maximum absolute atomic E-state index is 13.4. The van der Waals surface area contributed by atoms with Crippen LogP contribution in [-0.4, -0.2) is 18.9 Å². The number of carbonyl (C=O) groups is 1. The molecule has 15 heavy (non-hydrogen) atoms. The van der Waals surface area contributed by atoms with Crippen molar-refractivity contribution >= 4 is 5.78 Å². The van der Waals surface area contributed by atoms with Crippen LogP contribution in [0, 0.1) is 12.7 Å². The summed E-state index contributed by atoms with van der Waals surface area (Å²) in [5.74, 6) is -0.655. The smallest absolute Gasteiger partial charge is 0.179 e. The number of nitrogens with two attached hydrogens (primary N) is 1. The summed E-state index contributed by atoms with van der Waals surface area (Å²) < 4.78 is 18.3. The summed E-state index contributed by atoms with van der Waals surface area (Å²) in [5.41, 5.74) is 6.30. The van der Waals surface area contributed by atoms with Crippen molar-refractivity contribution in [2.45, 2.75) is 19.9 Å². The molecule has 0 aliphatic carbocycles. The predicted molar refractivity (Wildman–Crippen MR) is 55.7 cm³/mol. The average molecular weight is 211 g/mol. The van der Waals surface area contributed by atoms with Crippen LogP contribution < -0.4 is 10.5 Å². The quantitative estimate of drug-likeness (QED) is 0.774. The zero-order valence-corrected chi connectivity index (χ0v) is 9.00. The van der Waals surface area contributed by atoms with Crippen molar-refractivity contribution < 1.29 is 13.9 Å². The van der Waals surface area contributed by atoms with E-state index < -0.39 is 11.9 Å². The minimum absolute atomic E-state index is 0.163. The molecule has 1 unspecified atom stereocenters. The summed E-state index contributed by atoms with van der Waals surface area (Å²) in [6.45, 7) is 3.25. The number of carbonyl (C=O) groups excluding carboxylic acids is 1. The largest absolute Gasteiger partial charge is 0.493 e. The topological polar surface area (TPSA) is 52.3 Å². The maximum Gasteiger partial charge on any atom is 0.179 e. The minimum Gasteiger partial charge on any atom is -0.493 e. The molecule has 0 amide bonds. The van der Waals surface area contributed by atoms with Gasteiger partial charge in [0, 0.05) is 5.56 Å². The van der Waals surface area contributed by atoms with E-state index >= 15 is 0 Å². The number of benzene rings is 1. The van der Waals surface area contributed by atoms with Gasteiger partial charge in [-0.05, 0) is 31.5 Å². The van der Waals surface area contributed by atoms with E-state index in [1.54, 1.807) is 19.9 Å². The molecule has 0 bridgehead atoms. The number of Topliss-reactive ketones (excluding diaryl/α,β-unsaturated/α-hetero) is 1. The van der Waals surface area contributed by atoms with Gasteiger partial charge >= 0.3 is 0 Å². The normalized spacial score (nSPS) is 12.3. The monoisotopic (exact) mass is 211 g/mol. The molecule has 3 nitrogen and oxygen atoms in total. The first kappa shape index (κ1) is 11.7. The van der Waals surface area contributed by atoms with Crippen LogP contribution in [0.1, 0.15) is 22.8 Å². The third kappa shape index (κ3) is 2.33. The highest BCUT2D eigenvalue weighted by Crippen LogP contribution is 2.23. The SMILES string of the molecule is COc1c(C)cc(C(=O)C(C)N)cc1F. The fourth-order valence-electron chi connectivity index (χ4n) is 1.39. The van der Waals surface area contributed by atoms with Crippen LogP contribution in [0.2, 0.25) is 0 Å². The zero-order valence-electron chi connectivity index (χ0n) is 9.00. The van der Waals surface area contributed by atoms with Crippen molar-refractivity contribution in [3.63, 3.8) is 0 Å². The molecule has 0 aliphatic heterocycles. The van der Waals surface area contributed by atoms with Crippen LogP contribution in [-0.2, 0) is 0 Å². The summed E-state index contributed by atoms with van der Waals surface area (Å²) in [4.78, 5) is 11.5. The van der Waals surface area contributed by atoms with E-state index in [0.29, 0.717) is 5.56 Å². The van der Waals surface area contributed by atoms with Crippen LogP contribution in [0.25, 0.3) is 0 Å². The van der Waals surface area contributed by atoms with Crippen LogP contribution in [0.3, 0.4) is 0 Å². The van der Waals surface area contributed by atoms with Gasteiger partial charge in [-0.3, -0.25) is 4.79 Å². The first-order valence-corrected chi connectivity index (χ1v) is 4.61. The molecule has 0 fully saturated rings. The van der Waals surface area contributed by atoms with Gasteiger partial charge in [-0.1, -0.05) is 0 Å². The van der Waals surface area contributed by atoms with E-state index in [2.05, 4.69) is 0 Å². The molecule has 1 aromatic rings. The number of aryl methyl sites for hydroxylation is 1. The summed E-state index contributed by atoms with van der Waals surface area (Å²) in [7, 11) is 1.39. The number of ether oxygens (including phenoxy) is 1. The molecular formula is C11H14FNO2. The van der Waals surface area contributed by atoms with E-state index in [9.17, 15) is 9.18 Å². The molecule has 1 aromatic carbocycles. The lowest BCUT2D eigenvalue weighted by atomic mass is 10.0. The van der Waals surface area contributed by atoms with Crippen LogP contribution in [0.4, 0.5) is 4.39 Å². The number of ketones is 1. The fraction of sp³-hybridized carbons (Fsp3) is 0.364. The van der Waals surface area contributed by atoms with Crippen LogP contribution in [0.5, 0.6) is 5.75 Å². The van der Waals surface area contributed by atoms with E-state index in [1.807, 2.05) is 0 Å². The van der Waals surface area contributed by atoms with Gasteiger partial charge < -0.3 is 10.5 Å². The molecule has 1 rings (SSSR count). The summed E-state index contributed by atoms with van der Waals surface area (Å²) >= 11 is 0. The minimum atomic E-state index is -0.628. The molecule has 0 saturated carbocycles. The molecule has 0 heterocycles. The van der Waals surface area contributed by atoms with Crippen molar-refractivity contribution in [2.75, 3.05) is 7.11 Å². The average Bonchev–Trinajstić information content (AvgIpc) is 2.15. The van der Waals surface area contributed by atoms with Gasteiger partial charge in [0.25, 0.3) is 0 Å². The molecule has 4 heteroatoms. The van der Waals surface area contributed by atoms with Gasteiger partial charge in [0.05, 0.1) is 13.2 Å². The van der Waals surface area contributed by atoms with E-state index in [1.165, 1.54) is 7.11 Å². The Hall–Kier alpha value is -1.42. The number of rotatable bonds is 3. The number of hydrogen-bond donors (Lipinski definition) is 1. The lowest BCUT2D eigenvalue weighted by Gasteiger charge is -2.09. The second kappa shape index (κ2) is 4.40. The highest BCUT2D eigenvalue weighted by Gasteiger charge is 2.15. The standard InChI is InChI=1S/C11H14FNO2/c1-6-4-8(10(14)7(2)13)5-9(12)11(6)15-3/h4-5,7H,13H2,1-3H3. The molecule has 0 radical (unpaired) electrons. The summed E-state index contributed by atoms with van der Waals surface area (Å²) in [5, 5.41) is 0. The van der Waals surface area contributed by atoms with Crippen molar-refractivity contribution in [1.82, 2.24) is 0 Å². The third-order valence-electron chi connectivity index (χ3n) is 2.13. The molecular weight excluding hydrogens is 197 g/mol. The van der Waals surface area contributed by atoms with E-state index in [0.717, 1.165) is 6.07 Å². The Morgan fingerprint density at radius 3 is 2.53 bits per heavy atom. The number of hydrogen-bond acceptors (Lipinski definition) is 3. The first-order chi connectivity index (χ1) is 6.97. The van der Waals surface area contributed by atoms with Gasteiger partial charge in [0.1, 0.15) is 0 Å². The van der Waals surface area contributed by atoms with Crippen molar-refractivity contribution in [2.24, 2.45) is 5.73 Å². The van der Waals surface area contributed by atoms with Gasteiger partial charge in [0.2, 0.25) is 0 Å². The highest BCUT2D eigenvalue weighted by atomic mass is 19.1. The molecule has 2 N–H and O–H groups in total. The number of halogens is 1. The highest BCUT2D eigenvalue weighted by molar-refractivity contribution is 6.00. The lowest BCUT2D eigenvalue weighted by molar-refractivity contribution is 0.0967. The Morgan fingerprint density at radius 2 is 2.13 bits per heavy atom. The zero-order chi connectivity index (χ0) is 11.6. The predicted octanol–water partition coefficient (Wildman–Crippen LogP) is 1.67. The summed E-state index contributed by atoms with van der Waals surface area (Å²) in [6, 6.07) is 2.10. The van der Waals surface area contributed by atoms with Gasteiger partial charge in [-0.2, -0.15) is 0 Å². The number of methoxy groups -OCH3 is 1. The molecule has 0 aromatic heterocycles. The van der Waals surface area contributed by atoms with Gasteiger partial charge in [-0.15, -0.1) is 0 Å². The van der Waals surface area contributed by atoms with Crippen molar-refractivity contribution in [3.8, 4) is 5.75 Å². The van der Waals surface area contributed by atoms with Gasteiger partial charge in [-0.25, -0.2) is 4.39 Å². The van der Waals surface area contributed by atoms with Crippen LogP contribution in [0.15, 0.2) is 12.1 Å². The molecule has 0 saturated heterocycles. The first-order valence-electron chi connectivity index (χ1n) is 4.61. The Labute approximate surface area is 88.0 Å². The third-order valence-corrected chi connectivity index (χ3v) is 2.13. The molecule has 0 spiro atoms. The Kier molecular flexibility index (Phi) is 3.42. The Bertz CT molecular complexity index is 365. The van der Waals surface area contributed by atoms with Gasteiger partial charge in [0.15, 0.2) is 17.3 Å². The second-order valence-corrected chi connectivity index (χ2v) is 3.46. The van der Waals surface area contributed by atoms with Crippen molar-refractivity contribution in [3.05, 3.63) is 29.1 Å². The molecule has 1 atom stereocenters.